The van der Waals surface area contributed by atoms with Crippen molar-refractivity contribution in [2.45, 2.75) is 43.4 Å². The van der Waals surface area contributed by atoms with Crippen LogP contribution in [0.5, 0.6) is 0 Å². The van der Waals surface area contributed by atoms with Crippen molar-refractivity contribution in [1.82, 2.24) is 4.90 Å². The number of hydrogen-bond acceptors (Lipinski definition) is 5. The highest BCUT2D eigenvalue weighted by atomic mass is 32.2. The molecule has 0 radical (unpaired) electrons. The van der Waals surface area contributed by atoms with Crippen molar-refractivity contribution in [2.75, 3.05) is 44.9 Å². The van der Waals surface area contributed by atoms with Crippen molar-refractivity contribution in [2.24, 2.45) is 5.92 Å². The van der Waals surface area contributed by atoms with Crippen molar-refractivity contribution >= 4 is 11.8 Å². The van der Waals surface area contributed by atoms with Crippen LogP contribution in [0, 0.1) is 5.92 Å². The monoisotopic (exact) mass is 301 g/mol. The van der Waals surface area contributed by atoms with Gasteiger partial charge in [0.2, 0.25) is 0 Å². The van der Waals surface area contributed by atoms with Gasteiger partial charge in [-0.25, -0.2) is 0 Å². The highest BCUT2D eigenvalue weighted by Gasteiger charge is 2.43. The van der Waals surface area contributed by atoms with E-state index in [4.69, 9.17) is 9.47 Å². The summed E-state index contributed by atoms with van der Waals surface area (Å²) in [7, 11) is 2.15. The van der Waals surface area contributed by atoms with Gasteiger partial charge in [-0.3, -0.25) is 4.90 Å². The first kappa shape index (κ1) is 15.1. The summed E-state index contributed by atoms with van der Waals surface area (Å²) in [6.45, 7) is 3.50. The van der Waals surface area contributed by atoms with Gasteiger partial charge in [-0.05, 0) is 38.6 Å². The van der Waals surface area contributed by atoms with Gasteiger partial charge in [-0.15, -0.1) is 0 Å². The van der Waals surface area contributed by atoms with Crippen molar-refractivity contribution in [3.05, 3.63) is 0 Å². The second-order valence-electron chi connectivity index (χ2n) is 6.51. The standard InChI is InChI=1S/C15H27NO3S/c1-16-5-9-20-11-13(16)14(17)12-2-6-19-15(10-12)3-7-18-8-4-15/h12-14,17H,2-11H2,1H3. The zero-order valence-electron chi connectivity index (χ0n) is 12.4. The number of hydrogen-bond donors (Lipinski definition) is 1. The third-order valence-electron chi connectivity index (χ3n) is 5.26. The SMILES string of the molecule is CN1CCSCC1C(O)C1CCOC2(CCOCC2)C1. The molecule has 0 bridgehead atoms. The van der Waals surface area contributed by atoms with Gasteiger partial charge in [0.15, 0.2) is 0 Å². The van der Waals surface area contributed by atoms with Crippen LogP contribution in [-0.4, -0.2) is 72.7 Å². The lowest BCUT2D eigenvalue weighted by atomic mass is 9.77. The van der Waals surface area contributed by atoms with Gasteiger partial charge in [0.25, 0.3) is 0 Å². The number of likely N-dealkylation sites (N-methyl/N-ethyl adjacent to an activating group) is 1. The lowest BCUT2D eigenvalue weighted by molar-refractivity contribution is -0.162. The summed E-state index contributed by atoms with van der Waals surface area (Å²) in [6, 6.07) is 0.314. The molecule has 0 aromatic rings. The van der Waals surface area contributed by atoms with Crippen molar-refractivity contribution in [3.8, 4) is 0 Å². The first-order valence-corrected chi connectivity index (χ1v) is 9.03. The molecule has 3 saturated heterocycles. The number of thioether (sulfide) groups is 1. The maximum absolute atomic E-state index is 10.8. The van der Waals surface area contributed by atoms with E-state index in [1.165, 1.54) is 5.75 Å². The quantitative estimate of drug-likeness (QED) is 0.834. The van der Waals surface area contributed by atoms with Crippen LogP contribution in [0.1, 0.15) is 25.7 Å². The van der Waals surface area contributed by atoms with Gasteiger partial charge in [-0.2, -0.15) is 11.8 Å². The lowest BCUT2D eigenvalue weighted by Crippen LogP contribution is -2.53. The minimum absolute atomic E-state index is 0.0114. The van der Waals surface area contributed by atoms with Crippen LogP contribution in [-0.2, 0) is 9.47 Å². The number of nitrogens with zero attached hydrogens (tertiary/aromatic N) is 1. The van der Waals surface area contributed by atoms with E-state index in [0.717, 1.165) is 57.8 Å². The summed E-state index contributed by atoms with van der Waals surface area (Å²) in [4.78, 5) is 2.34. The fraction of sp³-hybridized carbons (Fsp3) is 1.00. The lowest BCUT2D eigenvalue weighted by Gasteiger charge is -2.47. The molecule has 4 nitrogen and oxygen atoms in total. The number of ether oxygens (including phenoxy) is 2. The van der Waals surface area contributed by atoms with Crippen molar-refractivity contribution < 1.29 is 14.6 Å². The second kappa shape index (κ2) is 6.53. The van der Waals surface area contributed by atoms with Crippen molar-refractivity contribution in [1.29, 1.82) is 0 Å². The van der Waals surface area contributed by atoms with E-state index in [2.05, 4.69) is 11.9 Å². The Bertz CT molecular complexity index is 317. The molecule has 3 aliphatic rings. The minimum Gasteiger partial charge on any atom is -0.391 e. The van der Waals surface area contributed by atoms with E-state index in [1.807, 2.05) is 11.8 Å². The average molecular weight is 301 g/mol. The van der Waals surface area contributed by atoms with E-state index < -0.39 is 0 Å². The summed E-state index contributed by atoms with van der Waals surface area (Å²) in [6.07, 6.45) is 3.78. The third kappa shape index (κ3) is 3.17. The maximum atomic E-state index is 10.8. The maximum Gasteiger partial charge on any atom is 0.0733 e. The Labute approximate surface area is 126 Å². The molecule has 3 aliphatic heterocycles. The summed E-state index contributed by atoms with van der Waals surface area (Å²) in [5, 5.41) is 10.8. The molecule has 1 spiro atoms. The zero-order valence-corrected chi connectivity index (χ0v) is 13.2. The Balaban J connectivity index is 1.63. The van der Waals surface area contributed by atoms with Gasteiger partial charge in [0, 0.05) is 43.9 Å². The third-order valence-corrected chi connectivity index (χ3v) is 6.30. The Morgan fingerprint density at radius 3 is 2.85 bits per heavy atom. The topological polar surface area (TPSA) is 41.9 Å². The molecular weight excluding hydrogens is 274 g/mol. The molecule has 1 N–H and O–H groups in total. The molecule has 3 fully saturated rings. The molecule has 0 aromatic heterocycles. The summed E-state index contributed by atoms with van der Waals surface area (Å²) in [5.41, 5.74) is -0.0114. The van der Waals surface area contributed by atoms with Gasteiger partial charge in [-0.1, -0.05) is 0 Å². The van der Waals surface area contributed by atoms with Gasteiger partial charge in [0.1, 0.15) is 0 Å². The van der Waals surface area contributed by atoms with Crippen LogP contribution in [0.3, 0.4) is 0 Å². The van der Waals surface area contributed by atoms with Gasteiger partial charge < -0.3 is 14.6 Å². The molecule has 3 unspecified atom stereocenters. The van der Waals surface area contributed by atoms with Crippen LogP contribution in [0.25, 0.3) is 0 Å². The first-order chi connectivity index (χ1) is 9.70. The van der Waals surface area contributed by atoms with Crippen LogP contribution < -0.4 is 0 Å². The molecule has 3 atom stereocenters. The minimum atomic E-state index is -0.212. The van der Waals surface area contributed by atoms with Crippen LogP contribution in [0.4, 0.5) is 0 Å². The molecule has 3 rings (SSSR count). The molecule has 3 heterocycles. The van der Waals surface area contributed by atoms with Crippen LogP contribution in [0.2, 0.25) is 0 Å². The molecule has 0 saturated carbocycles. The summed E-state index contributed by atoms with van der Waals surface area (Å²) >= 11 is 1.97. The Hall–Kier alpha value is 0.190. The smallest absolute Gasteiger partial charge is 0.0733 e. The average Bonchev–Trinajstić information content (AvgIpc) is 2.48. The van der Waals surface area contributed by atoms with Gasteiger partial charge >= 0.3 is 0 Å². The summed E-state index contributed by atoms with van der Waals surface area (Å²) in [5.74, 6) is 2.63. The molecule has 0 aliphatic carbocycles. The van der Waals surface area contributed by atoms with E-state index in [-0.39, 0.29) is 11.7 Å². The Morgan fingerprint density at radius 2 is 2.10 bits per heavy atom. The normalized spacial score (nSPS) is 36.9. The van der Waals surface area contributed by atoms with E-state index in [9.17, 15) is 5.11 Å². The molecule has 116 valence electrons. The van der Waals surface area contributed by atoms with Crippen LogP contribution in [0.15, 0.2) is 0 Å². The van der Waals surface area contributed by atoms with E-state index in [1.54, 1.807) is 0 Å². The number of rotatable bonds is 2. The zero-order chi connectivity index (χ0) is 14.0. The second-order valence-corrected chi connectivity index (χ2v) is 7.66. The molecule has 0 aromatic carbocycles. The fourth-order valence-corrected chi connectivity index (χ4v) is 5.11. The van der Waals surface area contributed by atoms with E-state index >= 15 is 0 Å². The Morgan fingerprint density at radius 1 is 1.30 bits per heavy atom. The highest BCUT2D eigenvalue weighted by molar-refractivity contribution is 7.99. The predicted octanol–water partition coefficient (Wildman–Crippen LogP) is 1.37. The fourth-order valence-electron chi connectivity index (χ4n) is 3.83. The predicted molar refractivity (Wildman–Crippen MR) is 81.2 cm³/mol. The molecule has 0 amide bonds. The van der Waals surface area contributed by atoms with Crippen LogP contribution >= 0.6 is 11.8 Å². The molecular formula is C15H27NO3S. The highest BCUT2D eigenvalue weighted by Crippen LogP contribution is 2.39. The Kier molecular flexibility index (Phi) is 4.93. The number of aliphatic hydroxyl groups excluding tert-OH is 1. The van der Waals surface area contributed by atoms with Gasteiger partial charge in [0.05, 0.1) is 11.7 Å². The largest absolute Gasteiger partial charge is 0.391 e. The van der Waals surface area contributed by atoms with Crippen molar-refractivity contribution in [3.63, 3.8) is 0 Å². The van der Waals surface area contributed by atoms with E-state index in [0.29, 0.717) is 12.0 Å². The summed E-state index contributed by atoms with van der Waals surface area (Å²) < 4.78 is 11.6. The first-order valence-electron chi connectivity index (χ1n) is 7.88. The molecule has 5 heteroatoms. The molecule has 20 heavy (non-hydrogen) atoms. The number of aliphatic hydroxyl groups is 1.